The van der Waals surface area contributed by atoms with Gasteiger partial charge in [0.15, 0.2) is 0 Å². The van der Waals surface area contributed by atoms with E-state index in [9.17, 15) is 10.2 Å². The lowest BCUT2D eigenvalue weighted by atomic mass is 9.45. The fraction of sp³-hybridized carbons (Fsp3) is 1.00. The standard InChI is InChI=1S/C19H32O2/c1-18-7-6-16-15(17(18)10-14(21)11-18)4-3-12-9-13(20)5-8-19(12,16)2/h12-17,20-21H,3-11H2,1-2H3/t12?,13?,14-,15?,16?,17?,18?,19?/m0/s1. The van der Waals surface area contributed by atoms with Gasteiger partial charge in [0.2, 0.25) is 0 Å². The van der Waals surface area contributed by atoms with Gasteiger partial charge in [-0.15, -0.1) is 0 Å². The van der Waals surface area contributed by atoms with Crippen LogP contribution in [0.15, 0.2) is 0 Å². The van der Waals surface area contributed by atoms with Crippen LogP contribution in [0.5, 0.6) is 0 Å². The number of hydrogen-bond donors (Lipinski definition) is 2. The van der Waals surface area contributed by atoms with Crippen LogP contribution in [0.2, 0.25) is 0 Å². The van der Waals surface area contributed by atoms with Crippen LogP contribution in [0, 0.1) is 34.5 Å². The van der Waals surface area contributed by atoms with Gasteiger partial charge in [-0.05, 0) is 92.3 Å². The lowest BCUT2D eigenvalue weighted by Gasteiger charge is -2.60. The van der Waals surface area contributed by atoms with Crippen LogP contribution in [-0.4, -0.2) is 22.4 Å². The Labute approximate surface area is 129 Å². The topological polar surface area (TPSA) is 40.5 Å². The second kappa shape index (κ2) is 4.71. The van der Waals surface area contributed by atoms with Crippen LogP contribution in [0.1, 0.15) is 71.6 Å². The Morgan fingerprint density at radius 2 is 1.62 bits per heavy atom. The van der Waals surface area contributed by atoms with Gasteiger partial charge in [0.05, 0.1) is 12.2 Å². The summed E-state index contributed by atoms with van der Waals surface area (Å²) in [4.78, 5) is 0. The fourth-order valence-electron chi connectivity index (χ4n) is 7.26. The first-order valence-corrected chi connectivity index (χ1v) is 9.28. The van der Waals surface area contributed by atoms with Crippen molar-refractivity contribution in [2.75, 3.05) is 0 Å². The summed E-state index contributed by atoms with van der Waals surface area (Å²) >= 11 is 0. The van der Waals surface area contributed by atoms with Crippen molar-refractivity contribution in [3.63, 3.8) is 0 Å². The number of rotatable bonds is 0. The molecule has 0 saturated heterocycles. The third kappa shape index (κ3) is 2.05. The second-order valence-electron chi connectivity index (χ2n) is 9.37. The Morgan fingerprint density at radius 1 is 0.810 bits per heavy atom. The number of aliphatic hydroxyl groups is 2. The third-order valence-electron chi connectivity index (χ3n) is 8.38. The lowest BCUT2D eigenvalue weighted by molar-refractivity contribution is -0.120. The lowest BCUT2D eigenvalue weighted by Crippen LogP contribution is -2.53. The van der Waals surface area contributed by atoms with E-state index in [1.807, 2.05) is 0 Å². The van der Waals surface area contributed by atoms with E-state index in [2.05, 4.69) is 13.8 Å². The molecule has 2 nitrogen and oxygen atoms in total. The quantitative estimate of drug-likeness (QED) is 0.714. The molecule has 4 aliphatic carbocycles. The Morgan fingerprint density at radius 3 is 2.43 bits per heavy atom. The Balaban J connectivity index is 1.62. The monoisotopic (exact) mass is 292 g/mol. The van der Waals surface area contributed by atoms with E-state index < -0.39 is 0 Å². The number of hydrogen-bond acceptors (Lipinski definition) is 2. The molecule has 2 N–H and O–H groups in total. The van der Waals surface area contributed by atoms with E-state index in [0.29, 0.717) is 10.8 Å². The van der Waals surface area contributed by atoms with Gasteiger partial charge in [-0.25, -0.2) is 0 Å². The minimum Gasteiger partial charge on any atom is -0.393 e. The Kier molecular flexibility index (Phi) is 3.25. The van der Waals surface area contributed by atoms with Crippen molar-refractivity contribution >= 4 is 0 Å². The highest BCUT2D eigenvalue weighted by molar-refractivity contribution is 5.08. The van der Waals surface area contributed by atoms with Gasteiger partial charge in [-0.2, -0.15) is 0 Å². The zero-order chi connectivity index (χ0) is 14.8. The van der Waals surface area contributed by atoms with E-state index in [0.717, 1.165) is 49.4 Å². The molecule has 2 heteroatoms. The zero-order valence-corrected chi connectivity index (χ0v) is 13.7. The van der Waals surface area contributed by atoms with Crippen LogP contribution in [-0.2, 0) is 0 Å². The highest BCUT2D eigenvalue weighted by atomic mass is 16.3. The van der Waals surface area contributed by atoms with Crippen molar-refractivity contribution < 1.29 is 10.2 Å². The van der Waals surface area contributed by atoms with E-state index in [1.165, 1.54) is 32.1 Å². The molecule has 0 radical (unpaired) electrons. The maximum Gasteiger partial charge on any atom is 0.0548 e. The normalized spacial score (nSPS) is 60.0. The third-order valence-corrected chi connectivity index (χ3v) is 8.38. The molecule has 0 spiro atoms. The fourth-order valence-corrected chi connectivity index (χ4v) is 7.26. The average molecular weight is 292 g/mol. The molecule has 0 bridgehead atoms. The first-order valence-electron chi connectivity index (χ1n) is 9.28. The highest BCUT2D eigenvalue weighted by Gasteiger charge is 2.58. The van der Waals surface area contributed by atoms with Gasteiger partial charge in [0.25, 0.3) is 0 Å². The molecular formula is C19H32O2. The maximum absolute atomic E-state index is 10.2. The first-order chi connectivity index (χ1) is 9.92. The van der Waals surface area contributed by atoms with Crippen molar-refractivity contribution in [2.24, 2.45) is 34.5 Å². The number of fused-ring (bicyclic) bond motifs is 5. The highest BCUT2D eigenvalue weighted by Crippen LogP contribution is 2.66. The SMILES string of the molecule is CC12CCC3C(CCC4CC(O)CCC43C)C1C[C@H](O)C2. The van der Waals surface area contributed by atoms with E-state index in [-0.39, 0.29) is 12.2 Å². The molecule has 4 rings (SSSR count). The maximum atomic E-state index is 10.2. The molecule has 4 aliphatic rings. The summed E-state index contributed by atoms with van der Waals surface area (Å²) in [5.41, 5.74) is 0.884. The smallest absolute Gasteiger partial charge is 0.0548 e. The van der Waals surface area contributed by atoms with Crippen LogP contribution in [0.4, 0.5) is 0 Å². The summed E-state index contributed by atoms with van der Waals surface area (Å²) in [7, 11) is 0. The first kappa shape index (κ1) is 14.5. The van der Waals surface area contributed by atoms with Crippen LogP contribution in [0.3, 0.4) is 0 Å². The van der Waals surface area contributed by atoms with Gasteiger partial charge < -0.3 is 10.2 Å². The predicted octanol–water partition coefficient (Wildman–Crippen LogP) is 3.75. The second-order valence-corrected chi connectivity index (χ2v) is 9.37. The molecule has 0 aromatic rings. The van der Waals surface area contributed by atoms with E-state index in [4.69, 9.17) is 0 Å². The summed E-state index contributed by atoms with van der Waals surface area (Å²) in [6.07, 6.45) is 10.7. The molecule has 0 aromatic carbocycles. The van der Waals surface area contributed by atoms with E-state index in [1.54, 1.807) is 0 Å². The summed E-state index contributed by atoms with van der Waals surface area (Å²) in [6, 6.07) is 0. The van der Waals surface area contributed by atoms with E-state index >= 15 is 0 Å². The molecule has 7 unspecified atom stereocenters. The van der Waals surface area contributed by atoms with Crippen LogP contribution in [0.25, 0.3) is 0 Å². The number of aliphatic hydroxyl groups excluding tert-OH is 2. The van der Waals surface area contributed by atoms with Crippen LogP contribution < -0.4 is 0 Å². The molecule has 4 fully saturated rings. The Hall–Kier alpha value is -0.0800. The molecule has 120 valence electrons. The van der Waals surface area contributed by atoms with Gasteiger partial charge in [0, 0.05) is 0 Å². The average Bonchev–Trinajstić information content (AvgIpc) is 2.74. The van der Waals surface area contributed by atoms with Crippen molar-refractivity contribution in [3.8, 4) is 0 Å². The molecule has 0 aliphatic heterocycles. The van der Waals surface area contributed by atoms with Crippen molar-refractivity contribution in [1.82, 2.24) is 0 Å². The van der Waals surface area contributed by atoms with Crippen molar-refractivity contribution in [1.29, 1.82) is 0 Å². The molecule has 0 aromatic heterocycles. The molecule has 8 atom stereocenters. The molecule has 21 heavy (non-hydrogen) atoms. The largest absolute Gasteiger partial charge is 0.393 e. The summed E-state index contributed by atoms with van der Waals surface area (Å²) in [6.45, 7) is 4.98. The van der Waals surface area contributed by atoms with Crippen LogP contribution >= 0.6 is 0 Å². The summed E-state index contributed by atoms with van der Waals surface area (Å²) < 4.78 is 0. The summed E-state index contributed by atoms with van der Waals surface area (Å²) in [5, 5.41) is 20.3. The Bertz CT molecular complexity index is 422. The molecule has 4 saturated carbocycles. The zero-order valence-electron chi connectivity index (χ0n) is 13.7. The van der Waals surface area contributed by atoms with Gasteiger partial charge in [-0.1, -0.05) is 13.8 Å². The predicted molar refractivity (Wildman–Crippen MR) is 83.7 cm³/mol. The van der Waals surface area contributed by atoms with Crippen molar-refractivity contribution in [2.45, 2.75) is 83.8 Å². The molecule has 0 amide bonds. The minimum atomic E-state index is -0.0440. The summed E-state index contributed by atoms with van der Waals surface area (Å²) in [5.74, 6) is 3.21. The van der Waals surface area contributed by atoms with Gasteiger partial charge in [-0.3, -0.25) is 0 Å². The minimum absolute atomic E-state index is 0.0400. The van der Waals surface area contributed by atoms with Gasteiger partial charge in [0.1, 0.15) is 0 Å². The molecule has 0 heterocycles. The molecular weight excluding hydrogens is 260 g/mol. The van der Waals surface area contributed by atoms with Crippen molar-refractivity contribution in [3.05, 3.63) is 0 Å². The van der Waals surface area contributed by atoms with Gasteiger partial charge >= 0.3 is 0 Å².